The summed E-state index contributed by atoms with van der Waals surface area (Å²) in [5.74, 6) is 0.0422. The Balaban J connectivity index is 2.22. The lowest BCUT2D eigenvalue weighted by Crippen LogP contribution is -2.58. The highest BCUT2D eigenvalue weighted by Crippen LogP contribution is 2.23. The Hall–Kier alpha value is -1.53. The number of carbonyl (C=O) groups excluding carboxylic acids is 1. The van der Waals surface area contributed by atoms with E-state index in [-0.39, 0.29) is 18.0 Å². The van der Waals surface area contributed by atoms with E-state index in [4.69, 9.17) is 0 Å². The maximum absolute atomic E-state index is 12.0. The minimum absolute atomic E-state index is 0.0422. The number of likely N-dealkylation sites (N-methyl/N-ethyl adjacent to an activating group) is 1. The van der Waals surface area contributed by atoms with Gasteiger partial charge in [0.1, 0.15) is 6.04 Å². The minimum atomic E-state index is -0.157. The van der Waals surface area contributed by atoms with Crippen LogP contribution >= 0.6 is 0 Å². The lowest BCUT2D eigenvalue weighted by atomic mass is 10.1. The van der Waals surface area contributed by atoms with Gasteiger partial charge in [-0.05, 0) is 13.8 Å². The van der Waals surface area contributed by atoms with Crippen molar-refractivity contribution >= 4 is 5.91 Å². The largest absolute Gasteiger partial charge is 0.358 e. The quantitative estimate of drug-likeness (QED) is 0.795. The smallest absolute Gasteiger partial charge is 0.238 e. The summed E-state index contributed by atoms with van der Waals surface area (Å²) in [5.41, 5.74) is 1.86. The van der Waals surface area contributed by atoms with Crippen molar-refractivity contribution in [2.45, 2.75) is 25.9 Å². The highest BCUT2D eigenvalue weighted by molar-refractivity contribution is 5.81. The lowest BCUT2D eigenvalue weighted by Gasteiger charge is -2.38. The number of aromatic nitrogens is 2. The number of hydrogen-bond acceptors (Lipinski definition) is 5. The van der Waals surface area contributed by atoms with Gasteiger partial charge in [-0.15, -0.1) is 0 Å². The van der Waals surface area contributed by atoms with E-state index in [0.717, 1.165) is 24.5 Å². The second-order valence-corrected chi connectivity index (χ2v) is 4.77. The number of hydrogen-bond donors (Lipinski definition) is 2. The van der Waals surface area contributed by atoms with Crippen molar-refractivity contribution in [1.29, 1.82) is 0 Å². The summed E-state index contributed by atoms with van der Waals surface area (Å²) >= 11 is 0. The molecule has 1 saturated heterocycles. The Labute approximate surface area is 113 Å². The van der Waals surface area contributed by atoms with Crippen molar-refractivity contribution in [1.82, 2.24) is 25.5 Å². The highest BCUT2D eigenvalue weighted by atomic mass is 16.2. The molecule has 0 saturated carbocycles. The summed E-state index contributed by atoms with van der Waals surface area (Å²) < 4.78 is 0. The first-order chi connectivity index (χ1) is 9.15. The van der Waals surface area contributed by atoms with Gasteiger partial charge >= 0.3 is 0 Å². The molecule has 2 rings (SSSR count). The Morgan fingerprint density at radius 3 is 2.95 bits per heavy atom. The maximum atomic E-state index is 12.0. The molecular formula is C13H21N5O. The van der Waals surface area contributed by atoms with Crippen LogP contribution in [0.5, 0.6) is 0 Å². The average Bonchev–Trinajstić information content (AvgIpc) is 2.46. The van der Waals surface area contributed by atoms with Crippen LogP contribution in [0.15, 0.2) is 12.4 Å². The fourth-order valence-electron chi connectivity index (χ4n) is 2.58. The number of nitrogens with one attached hydrogen (secondary N) is 2. The van der Waals surface area contributed by atoms with Gasteiger partial charge in [0.15, 0.2) is 0 Å². The minimum Gasteiger partial charge on any atom is -0.358 e. The first-order valence-electron chi connectivity index (χ1n) is 6.60. The molecule has 1 aromatic heterocycles. The van der Waals surface area contributed by atoms with E-state index in [1.54, 1.807) is 19.4 Å². The molecule has 1 aliphatic rings. The van der Waals surface area contributed by atoms with E-state index in [0.29, 0.717) is 6.54 Å². The van der Waals surface area contributed by atoms with Crippen molar-refractivity contribution in [2.24, 2.45) is 0 Å². The van der Waals surface area contributed by atoms with Crippen molar-refractivity contribution < 1.29 is 4.79 Å². The molecule has 2 heterocycles. The van der Waals surface area contributed by atoms with Crippen LogP contribution in [0.4, 0.5) is 0 Å². The average molecular weight is 263 g/mol. The van der Waals surface area contributed by atoms with Crippen LogP contribution in [0.1, 0.15) is 24.4 Å². The van der Waals surface area contributed by atoms with Gasteiger partial charge in [0.05, 0.1) is 17.4 Å². The standard InChI is InChI=1S/C13H21N5O/c1-9-12(17-5-4-16-9)10(2)18-7-6-15-8-11(18)13(19)14-3/h4-5,10-11,15H,6-8H2,1-3H3,(H,14,19). The van der Waals surface area contributed by atoms with E-state index >= 15 is 0 Å². The lowest BCUT2D eigenvalue weighted by molar-refractivity contribution is -0.127. The fourth-order valence-corrected chi connectivity index (χ4v) is 2.58. The zero-order chi connectivity index (χ0) is 13.8. The second-order valence-electron chi connectivity index (χ2n) is 4.77. The Kier molecular flexibility index (Phi) is 4.44. The van der Waals surface area contributed by atoms with Gasteiger partial charge in [-0.2, -0.15) is 0 Å². The van der Waals surface area contributed by atoms with Gasteiger partial charge < -0.3 is 10.6 Å². The zero-order valence-electron chi connectivity index (χ0n) is 11.7. The number of amides is 1. The number of nitrogens with zero attached hydrogens (tertiary/aromatic N) is 3. The second kappa shape index (κ2) is 6.08. The van der Waals surface area contributed by atoms with Crippen LogP contribution < -0.4 is 10.6 Å². The molecule has 2 N–H and O–H groups in total. The molecule has 1 amide bonds. The molecule has 0 aromatic carbocycles. The van der Waals surface area contributed by atoms with Crippen molar-refractivity contribution in [3.8, 4) is 0 Å². The predicted octanol–water partition coefficient (Wildman–Crippen LogP) is -0.134. The van der Waals surface area contributed by atoms with Crippen LogP contribution in [0.3, 0.4) is 0 Å². The van der Waals surface area contributed by atoms with Crippen molar-refractivity contribution in [3.05, 3.63) is 23.8 Å². The topological polar surface area (TPSA) is 70.2 Å². The number of rotatable bonds is 3. The van der Waals surface area contributed by atoms with E-state index in [1.807, 2.05) is 6.92 Å². The SMILES string of the molecule is CNC(=O)C1CNCCN1C(C)c1nccnc1C. The molecule has 2 atom stereocenters. The van der Waals surface area contributed by atoms with E-state index < -0.39 is 0 Å². The Morgan fingerprint density at radius 2 is 2.26 bits per heavy atom. The molecule has 0 bridgehead atoms. The summed E-state index contributed by atoms with van der Waals surface area (Å²) in [5, 5.41) is 5.99. The number of carbonyl (C=O) groups is 1. The third-order valence-corrected chi connectivity index (χ3v) is 3.65. The summed E-state index contributed by atoms with van der Waals surface area (Å²) in [6, 6.07) is -0.0757. The van der Waals surface area contributed by atoms with E-state index in [9.17, 15) is 4.79 Å². The summed E-state index contributed by atoms with van der Waals surface area (Å²) in [6.45, 7) is 6.42. The van der Waals surface area contributed by atoms with Gasteiger partial charge in [-0.1, -0.05) is 0 Å². The molecule has 1 fully saturated rings. The molecule has 1 aromatic rings. The molecule has 19 heavy (non-hydrogen) atoms. The van der Waals surface area contributed by atoms with Crippen LogP contribution in [0, 0.1) is 6.92 Å². The molecule has 104 valence electrons. The zero-order valence-corrected chi connectivity index (χ0v) is 11.7. The normalized spacial score (nSPS) is 21.9. The van der Waals surface area contributed by atoms with Crippen molar-refractivity contribution in [2.75, 3.05) is 26.7 Å². The van der Waals surface area contributed by atoms with E-state index in [1.165, 1.54) is 0 Å². The fraction of sp³-hybridized carbons (Fsp3) is 0.615. The van der Waals surface area contributed by atoms with Gasteiger partial charge in [0.25, 0.3) is 0 Å². The predicted molar refractivity (Wildman–Crippen MR) is 72.6 cm³/mol. The Morgan fingerprint density at radius 1 is 1.53 bits per heavy atom. The van der Waals surface area contributed by atoms with Crippen LogP contribution in [0.2, 0.25) is 0 Å². The summed E-state index contributed by atoms with van der Waals surface area (Å²) in [7, 11) is 1.67. The van der Waals surface area contributed by atoms with Crippen molar-refractivity contribution in [3.63, 3.8) is 0 Å². The Bertz CT molecular complexity index is 450. The third kappa shape index (κ3) is 2.90. The van der Waals surface area contributed by atoms with Gasteiger partial charge in [0.2, 0.25) is 5.91 Å². The molecule has 0 radical (unpaired) electrons. The van der Waals surface area contributed by atoms with Crippen LogP contribution in [0.25, 0.3) is 0 Å². The molecule has 6 nitrogen and oxygen atoms in total. The van der Waals surface area contributed by atoms with Gasteiger partial charge in [-0.3, -0.25) is 19.7 Å². The van der Waals surface area contributed by atoms with Gasteiger partial charge in [-0.25, -0.2) is 0 Å². The van der Waals surface area contributed by atoms with Gasteiger partial charge in [0, 0.05) is 39.1 Å². The number of aryl methyl sites for hydroxylation is 1. The molecule has 2 unspecified atom stereocenters. The molecule has 0 aliphatic carbocycles. The molecule has 0 spiro atoms. The number of piperazine rings is 1. The third-order valence-electron chi connectivity index (χ3n) is 3.65. The van der Waals surface area contributed by atoms with Crippen LogP contribution in [-0.2, 0) is 4.79 Å². The highest BCUT2D eigenvalue weighted by Gasteiger charge is 2.32. The maximum Gasteiger partial charge on any atom is 0.238 e. The van der Waals surface area contributed by atoms with E-state index in [2.05, 4.69) is 32.4 Å². The first kappa shape index (κ1) is 13.9. The molecule has 1 aliphatic heterocycles. The molecule has 6 heteroatoms. The monoisotopic (exact) mass is 263 g/mol. The summed E-state index contributed by atoms with van der Waals surface area (Å²) in [4.78, 5) is 22.9. The summed E-state index contributed by atoms with van der Waals surface area (Å²) in [6.07, 6.45) is 3.40. The molecular weight excluding hydrogens is 242 g/mol. The van der Waals surface area contributed by atoms with Crippen LogP contribution in [-0.4, -0.2) is 53.5 Å². The first-order valence-corrected chi connectivity index (χ1v) is 6.60.